The van der Waals surface area contributed by atoms with Crippen LogP contribution in [0.2, 0.25) is 0 Å². The van der Waals surface area contributed by atoms with E-state index < -0.39 is 0 Å². The van der Waals surface area contributed by atoms with Crippen molar-refractivity contribution in [1.82, 2.24) is 9.80 Å². The first-order chi connectivity index (χ1) is 11.5. The van der Waals surface area contributed by atoms with Crippen molar-refractivity contribution in [2.45, 2.75) is 13.3 Å². The van der Waals surface area contributed by atoms with Crippen molar-refractivity contribution in [3.05, 3.63) is 28.7 Å². The Labute approximate surface area is 151 Å². The number of hydrogen-bond donors (Lipinski definition) is 1. The molecule has 0 aliphatic carbocycles. The van der Waals surface area contributed by atoms with Crippen LogP contribution in [0.3, 0.4) is 0 Å². The summed E-state index contributed by atoms with van der Waals surface area (Å²) < 4.78 is 6.23. The molecule has 1 fully saturated rings. The van der Waals surface area contributed by atoms with Crippen molar-refractivity contribution in [2.24, 2.45) is 0 Å². The molecule has 0 bridgehead atoms. The zero-order valence-corrected chi connectivity index (χ0v) is 15.5. The third kappa shape index (κ3) is 6.59. The van der Waals surface area contributed by atoms with Crippen molar-refractivity contribution < 1.29 is 14.3 Å². The standard InChI is InChI=1S/C17H24BrN3O3/c1-14(22)21(8-7-20-9-11-24-12-10-20)6-5-17(23)19-16-4-2-3-15(18)13-16/h2-4,13H,5-12H2,1H3,(H,19,23). The maximum atomic E-state index is 12.1. The van der Waals surface area contributed by atoms with E-state index in [4.69, 9.17) is 4.74 Å². The first-order valence-corrected chi connectivity index (χ1v) is 8.95. The molecule has 1 heterocycles. The highest BCUT2D eigenvalue weighted by atomic mass is 79.9. The van der Waals surface area contributed by atoms with Crippen LogP contribution < -0.4 is 5.32 Å². The summed E-state index contributed by atoms with van der Waals surface area (Å²) in [6, 6.07) is 7.45. The van der Waals surface area contributed by atoms with Gasteiger partial charge in [0.1, 0.15) is 0 Å². The molecule has 1 aromatic rings. The van der Waals surface area contributed by atoms with E-state index >= 15 is 0 Å². The van der Waals surface area contributed by atoms with Crippen LogP contribution in [0.4, 0.5) is 5.69 Å². The van der Waals surface area contributed by atoms with E-state index in [1.54, 1.807) is 11.8 Å². The quantitative estimate of drug-likeness (QED) is 0.763. The largest absolute Gasteiger partial charge is 0.379 e. The van der Waals surface area contributed by atoms with E-state index in [1.165, 1.54) is 0 Å². The van der Waals surface area contributed by atoms with Crippen molar-refractivity contribution in [1.29, 1.82) is 0 Å². The molecule has 1 saturated heterocycles. The first kappa shape index (κ1) is 18.9. The number of benzene rings is 1. The Kier molecular flexibility index (Phi) is 7.68. The maximum absolute atomic E-state index is 12.1. The molecule has 1 aliphatic heterocycles. The molecule has 0 aromatic heterocycles. The van der Waals surface area contributed by atoms with Gasteiger partial charge in [0.2, 0.25) is 11.8 Å². The number of morpholine rings is 1. The fourth-order valence-corrected chi connectivity index (χ4v) is 2.94. The molecule has 0 spiro atoms. The van der Waals surface area contributed by atoms with Crippen LogP contribution in [-0.2, 0) is 14.3 Å². The Morgan fingerprint density at radius 3 is 2.71 bits per heavy atom. The van der Waals surface area contributed by atoms with Crippen LogP contribution in [0, 0.1) is 0 Å². The number of anilines is 1. The number of hydrogen-bond acceptors (Lipinski definition) is 4. The molecule has 2 rings (SSSR count). The lowest BCUT2D eigenvalue weighted by Gasteiger charge is -2.29. The highest BCUT2D eigenvalue weighted by Gasteiger charge is 2.15. The molecule has 1 aromatic carbocycles. The van der Waals surface area contributed by atoms with Crippen molar-refractivity contribution >= 4 is 33.4 Å². The van der Waals surface area contributed by atoms with Crippen LogP contribution in [0.25, 0.3) is 0 Å². The third-order valence-corrected chi connectivity index (χ3v) is 4.45. The lowest BCUT2D eigenvalue weighted by Crippen LogP contribution is -2.43. The second-order valence-corrected chi connectivity index (χ2v) is 6.68. The molecule has 0 saturated carbocycles. The van der Waals surface area contributed by atoms with E-state index in [0.717, 1.165) is 43.0 Å². The lowest BCUT2D eigenvalue weighted by molar-refractivity contribution is -0.129. The van der Waals surface area contributed by atoms with Gasteiger partial charge < -0.3 is 15.0 Å². The molecule has 0 atom stereocenters. The average molecular weight is 398 g/mol. The number of ether oxygens (including phenoxy) is 1. The summed E-state index contributed by atoms with van der Waals surface area (Å²) in [6.07, 6.45) is 0.287. The fraction of sp³-hybridized carbons (Fsp3) is 0.529. The van der Waals surface area contributed by atoms with Gasteiger partial charge in [-0.25, -0.2) is 0 Å². The number of carbonyl (C=O) groups excluding carboxylic acids is 2. The minimum absolute atomic E-state index is 0.00138. The monoisotopic (exact) mass is 397 g/mol. The number of halogens is 1. The normalized spacial score (nSPS) is 15.1. The number of nitrogens with one attached hydrogen (secondary N) is 1. The van der Waals surface area contributed by atoms with Crippen molar-refractivity contribution in [3.63, 3.8) is 0 Å². The smallest absolute Gasteiger partial charge is 0.226 e. The van der Waals surface area contributed by atoms with Gasteiger partial charge in [-0.3, -0.25) is 14.5 Å². The SMILES string of the molecule is CC(=O)N(CCC(=O)Nc1cccc(Br)c1)CCN1CCOCC1. The Hall–Kier alpha value is -1.44. The number of nitrogens with zero attached hydrogens (tertiary/aromatic N) is 2. The zero-order chi connectivity index (χ0) is 17.4. The number of amides is 2. The molecule has 24 heavy (non-hydrogen) atoms. The maximum Gasteiger partial charge on any atom is 0.226 e. The van der Waals surface area contributed by atoms with Crippen LogP contribution in [0.5, 0.6) is 0 Å². The van der Waals surface area contributed by atoms with Gasteiger partial charge in [0, 0.05) is 56.2 Å². The Balaban J connectivity index is 1.75. The van der Waals surface area contributed by atoms with E-state index in [2.05, 4.69) is 26.1 Å². The van der Waals surface area contributed by atoms with Gasteiger partial charge in [0.05, 0.1) is 13.2 Å². The van der Waals surface area contributed by atoms with Gasteiger partial charge in [0.15, 0.2) is 0 Å². The van der Waals surface area contributed by atoms with E-state index in [1.807, 2.05) is 24.3 Å². The molecular weight excluding hydrogens is 374 g/mol. The minimum atomic E-state index is -0.0919. The molecule has 6 nitrogen and oxygen atoms in total. The highest BCUT2D eigenvalue weighted by Crippen LogP contribution is 2.15. The summed E-state index contributed by atoms with van der Waals surface area (Å²) in [5.74, 6) is -0.0933. The molecule has 0 radical (unpaired) electrons. The Morgan fingerprint density at radius 2 is 2.04 bits per heavy atom. The Bertz CT molecular complexity index is 562. The minimum Gasteiger partial charge on any atom is -0.379 e. The molecule has 0 unspecified atom stereocenters. The molecule has 132 valence electrons. The fourth-order valence-electron chi connectivity index (χ4n) is 2.54. The van der Waals surface area contributed by atoms with E-state index in [-0.39, 0.29) is 18.2 Å². The molecule has 1 N–H and O–H groups in total. The number of rotatable bonds is 7. The molecule has 1 aliphatic rings. The summed E-state index contributed by atoms with van der Waals surface area (Å²) in [6.45, 7) is 6.72. The van der Waals surface area contributed by atoms with Gasteiger partial charge >= 0.3 is 0 Å². The predicted molar refractivity (Wildman–Crippen MR) is 96.9 cm³/mol. The first-order valence-electron chi connectivity index (χ1n) is 8.15. The van der Waals surface area contributed by atoms with Gasteiger partial charge in [-0.15, -0.1) is 0 Å². The summed E-state index contributed by atoms with van der Waals surface area (Å²) in [5, 5.41) is 2.85. The molecule has 7 heteroatoms. The van der Waals surface area contributed by atoms with Crippen LogP contribution in [-0.4, -0.2) is 67.6 Å². The highest BCUT2D eigenvalue weighted by molar-refractivity contribution is 9.10. The summed E-state index contributed by atoms with van der Waals surface area (Å²) in [4.78, 5) is 27.9. The third-order valence-electron chi connectivity index (χ3n) is 3.95. The van der Waals surface area contributed by atoms with Gasteiger partial charge in [0.25, 0.3) is 0 Å². The van der Waals surface area contributed by atoms with Crippen LogP contribution in [0.15, 0.2) is 28.7 Å². The predicted octanol–water partition coefficient (Wildman–Crippen LogP) is 1.96. The second-order valence-electron chi connectivity index (χ2n) is 5.77. The molecular formula is C17H24BrN3O3. The van der Waals surface area contributed by atoms with Gasteiger partial charge in [-0.1, -0.05) is 22.0 Å². The van der Waals surface area contributed by atoms with E-state index in [9.17, 15) is 9.59 Å². The topological polar surface area (TPSA) is 61.9 Å². The second kappa shape index (κ2) is 9.76. The lowest BCUT2D eigenvalue weighted by atomic mass is 10.3. The van der Waals surface area contributed by atoms with Crippen LogP contribution >= 0.6 is 15.9 Å². The van der Waals surface area contributed by atoms with Gasteiger partial charge in [-0.2, -0.15) is 0 Å². The van der Waals surface area contributed by atoms with Crippen LogP contribution in [0.1, 0.15) is 13.3 Å². The average Bonchev–Trinajstić information content (AvgIpc) is 2.55. The number of carbonyl (C=O) groups is 2. The summed E-state index contributed by atoms with van der Waals surface area (Å²) in [7, 11) is 0. The van der Waals surface area contributed by atoms with E-state index in [0.29, 0.717) is 13.1 Å². The van der Waals surface area contributed by atoms with Crippen molar-refractivity contribution in [2.75, 3.05) is 51.3 Å². The summed E-state index contributed by atoms with van der Waals surface area (Å²) >= 11 is 3.37. The Morgan fingerprint density at radius 1 is 1.29 bits per heavy atom. The summed E-state index contributed by atoms with van der Waals surface area (Å²) in [5.41, 5.74) is 0.747. The van der Waals surface area contributed by atoms with Crippen molar-refractivity contribution in [3.8, 4) is 0 Å². The zero-order valence-electron chi connectivity index (χ0n) is 14.0. The van der Waals surface area contributed by atoms with Gasteiger partial charge in [-0.05, 0) is 18.2 Å². The molecule has 2 amide bonds.